The van der Waals surface area contributed by atoms with Crippen LogP contribution in [-0.2, 0) is 7.05 Å². The van der Waals surface area contributed by atoms with Gasteiger partial charge in [0.05, 0.1) is 11.1 Å². The Morgan fingerprint density at radius 3 is 2.73 bits per heavy atom. The highest BCUT2D eigenvalue weighted by atomic mass is 35.5. The molecule has 0 radical (unpaired) electrons. The van der Waals surface area contributed by atoms with E-state index in [1.54, 1.807) is 6.07 Å². The van der Waals surface area contributed by atoms with Crippen molar-refractivity contribution in [3.05, 3.63) is 41.6 Å². The van der Waals surface area contributed by atoms with E-state index in [0.717, 1.165) is 11.3 Å². The molecule has 0 spiro atoms. The zero-order chi connectivity index (χ0) is 15.7. The first-order chi connectivity index (χ1) is 10.5. The van der Waals surface area contributed by atoms with Gasteiger partial charge in [-0.05, 0) is 44.2 Å². The van der Waals surface area contributed by atoms with Crippen LogP contribution in [0.25, 0.3) is 23.0 Å². The number of rotatable bonds is 4. The van der Waals surface area contributed by atoms with Crippen LogP contribution in [0.1, 0.15) is 13.8 Å². The Hall–Kier alpha value is -2.27. The molecule has 0 fully saturated rings. The maximum Gasteiger partial charge on any atom is 0.274 e. The molecule has 0 N–H and O–H groups in total. The van der Waals surface area contributed by atoms with Crippen molar-refractivity contribution in [1.29, 1.82) is 0 Å². The second kappa shape index (κ2) is 5.85. The van der Waals surface area contributed by atoms with Gasteiger partial charge in [0.15, 0.2) is 0 Å². The highest BCUT2D eigenvalue weighted by molar-refractivity contribution is 6.32. The van der Waals surface area contributed by atoms with E-state index in [4.69, 9.17) is 20.9 Å². The van der Waals surface area contributed by atoms with Crippen LogP contribution in [-0.4, -0.2) is 20.8 Å². The molecule has 0 bridgehead atoms. The summed E-state index contributed by atoms with van der Waals surface area (Å²) >= 11 is 6.24. The van der Waals surface area contributed by atoms with Crippen molar-refractivity contribution in [2.75, 3.05) is 0 Å². The van der Waals surface area contributed by atoms with Gasteiger partial charge in [0, 0.05) is 18.8 Å². The summed E-state index contributed by atoms with van der Waals surface area (Å²) in [6, 6.07) is 9.30. The van der Waals surface area contributed by atoms with E-state index in [2.05, 4.69) is 10.1 Å². The van der Waals surface area contributed by atoms with Crippen molar-refractivity contribution >= 4 is 11.6 Å². The molecule has 2 heterocycles. The Morgan fingerprint density at radius 1 is 1.27 bits per heavy atom. The van der Waals surface area contributed by atoms with Crippen molar-refractivity contribution in [3.63, 3.8) is 0 Å². The SMILES string of the molecule is CC(C)Oc1ccc(-c2noc(-c3cccn3C)n2)cc1Cl. The fraction of sp³-hybridized carbons (Fsp3) is 0.250. The van der Waals surface area contributed by atoms with Crippen LogP contribution < -0.4 is 4.74 Å². The third kappa shape index (κ3) is 2.85. The molecular formula is C16H16ClN3O2. The fourth-order valence-electron chi connectivity index (χ4n) is 2.12. The number of aryl methyl sites for hydroxylation is 1. The van der Waals surface area contributed by atoms with Gasteiger partial charge in [-0.3, -0.25) is 0 Å². The summed E-state index contributed by atoms with van der Waals surface area (Å²) in [6.45, 7) is 3.91. The largest absolute Gasteiger partial charge is 0.489 e. The molecule has 6 heteroatoms. The zero-order valence-corrected chi connectivity index (χ0v) is 13.3. The van der Waals surface area contributed by atoms with Crippen molar-refractivity contribution in [2.24, 2.45) is 7.05 Å². The molecule has 5 nitrogen and oxygen atoms in total. The van der Waals surface area contributed by atoms with Crippen LogP contribution in [0.15, 0.2) is 41.1 Å². The van der Waals surface area contributed by atoms with Gasteiger partial charge in [-0.15, -0.1) is 0 Å². The smallest absolute Gasteiger partial charge is 0.274 e. The second-order valence-corrected chi connectivity index (χ2v) is 5.65. The lowest BCUT2D eigenvalue weighted by Crippen LogP contribution is -2.05. The van der Waals surface area contributed by atoms with Gasteiger partial charge in [0.25, 0.3) is 5.89 Å². The number of benzene rings is 1. The molecule has 0 aliphatic rings. The lowest BCUT2D eigenvalue weighted by Gasteiger charge is -2.11. The lowest BCUT2D eigenvalue weighted by molar-refractivity contribution is 0.242. The summed E-state index contributed by atoms with van der Waals surface area (Å²) in [4.78, 5) is 4.42. The summed E-state index contributed by atoms with van der Waals surface area (Å²) in [5, 5.41) is 4.54. The first-order valence-corrected chi connectivity index (χ1v) is 7.34. The lowest BCUT2D eigenvalue weighted by atomic mass is 10.2. The van der Waals surface area contributed by atoms with E-state index in [1.165, 1.54) is 0 Å². The van der Waals surface area contributed by atoms with E-state index in [1.807, 2.05) is 55.9 Å². The van der Waals surface area contributed by atoms with E-state index >= 15 is 0 Å². The van der Waals surface area contributed by atoms with Crippen molar-refractivity contribution in [3.8, 4) is 28.7 Å². The van der Waals surface area contributed by atoms with Crippen LogP contribution >= 0.6 is 11.6 Å². The Bertz CT molecular complexity index is 792. The average molecular weight is 318 g/mol. The van der Waals surface area contributed by atoms with Gasteiger partial charge >= 0.3 is 0 Å². The number of halogens is 1. The summed E-state index contributed by atoms with van der Waals surface area (Å²) in [5.41, 5.74) is 1.65. The second-order valence-electron chi connectivity index (χ2n) is 5.24. The van der Waals surface area contributed by atoms with Crippen LogP contribution in [0.5, 0.6) is 5.75 Å². The Kier molecular flexibility index (Phi) is 3.90. The number of aromatic nitrogens is 3. The maximum absolute atomic E-state index is 6.24. The standard InChI is InChI=1S/C16H16ClN3O2/c1-10(2)21-14-7-6-11(9-12(14)17)15-18-16(22-19-15)13-5-4-8-20(13)3/h4-10H,1-3H3. The minimum absolute atomic E-state index is 0.0671. The van der Waals surface area contributed by atoms with E-state index in [9.17, 15) is 0 Å². The van der Waals surface area contributed by atoms with Gasteiger partial charge in [-0.25, -0.2) is 0 Å². The number of hydrogen-bond acceptors (Lipinski definition) is 4. The fourth-order valence-corrected chi connectivity index (χ4v) is 2.34. The van der Waals surface area contributed by atoms with Crippen molar-refractivity contribution in [1.82, 2.24) is 14.7 Å². The molecule has 3 aromatic rings. The molecule has 0 amide bonds. The monoisotopic (exact) mass is 317 g/mol. The molecular weight excluding hydrogens is 302 g/mol. The molecule has 2 aromatic heterocycles. The Balaban J connectivity index is 1.91. The molecule has 0 aliphatic carbocycles. The van der Waals surface area contributed by atoms with Crippen LogP contribution in [0.4, 0.5) is 0 Å². The number of hydrogen-bond donors (Lipinski definition) is 0. The summed E-state index contributed by atoms with van der Waals surface area (Å²) in [6.07, 6.45) is 1.99. The normalized spacial score (nSPS) is 11.1. The minimum Gasteiger partial charge on any atom is -0.489 e. The average Bonchev–Trinajstić information content (AvgIpc) is 3.09. The predicted molar refractivity (Wildman–Crippen MR) is 84.9 cm³/mol. The molecule has 0 unspecified atom stereocenters. The van der Waals surface area contributed by atoms with Crippen LogP contribution in [0, 0.1) is 0 Å². The molecule has 0 saturated carbocycles. The van der Waals surface area contributed by atoms with Gasteiger partial charge in [-0.2, -0.15) is 4.98 Å². The molecule has 0 atom stereocenters. The molecule has 114 valence electrons. The third-order valence-corrected chi connectivity index (χ3v) is 3.44. The summed E-state index contributed by atoms with van der Waals surface area (Å²) < 4.78 is 12.9. The highest BCUT2D eigenvalue weighted by Gasteiger charge is 2.14. The topological polar surface area (TPSA) is 53.1 Å². The molecule has 0 aliphatic heterocycles. The number of ether oxygens (including phenoxy) is 1. The molecule has 22 heavy (non-hydrogen) atoms. The Labute approximate surface area is 133 Å². The van der Waals surface area contributed by atoms with Crippen molar-refractivity contribution in [2.45, 2.75) is 20.0 Å². The molecule has 3 rings (SSSR count). The van der Waals surface area contributed by atoms with Gasteiger partial charge < -0.3 is 13.8 Å². The summed E-state index contributed by atoms with van der Waals surface area (Å²) in [5.74, 6) is 1.61. The first-order valence-electron chi connectivity index (χ1n) is 6.96. The first kappa shape index (κ1) is 14.7. The zero-order valence-electron chi connectivity index (χ0n) is 12.6. The van der Waals surface area contributed by atoms with Gasteiger partial charge in [-0.1, -0.05) is 16.8 Å². The highest BCUT2D eigenvalue weighted by Crippen LogP contribution is 2.30. The van der Waals surface area contributed by atoms with Crippen molar-refractivity contribution < 1.29 is 9.26 Å². The van der Waals surface area contributed by atoms with Gasteiger partial charge in [0.1, 0.15) is 11.4 Å². The van der Waals surface area contributed by atoms with E-state index in [-0.39, 0.29) is 6.10 Å². The van der Waals surface area contributed by atoms with Crippen LogP contribution in [0.3, 0.4) is 0 Å². The van der Waals surface area contributed by atoms with Gasteiger partial charge in [0.2, 0.25) is 5.82 Å². The minimum atomic E-state index is 0.0671. The maximum atomic E-state index is 6.24. The molecule has 0 saturated heterocycles. The predicted octanol–water partition coefficient (Wildman–Crippen LogP) is 4.18. The Morgan fingerprint density at radius 2 is 2.09 bits per heavy atom. The van der Waals surface area contributed by atoms with Crippen LogP contribution in [0.2, 0.25) is 5.02 Å². The van der Waals surface area contributed by atoms with E-state index < -0.39 is 0 Å². The summed E-state index contributed by atoms with van der Waals surface area (Å²) in [7, 11) is 1.92. The van der Waals surface area contributed by atoms with E-state index in [0.29, 0.717) is 22.5 Å². The molecule has 1 aromatic carbocycles. The quantitative estimate of drug-likeness (QED) is 0.724. The number of nitrogens with zero attached hydrogens (tertiary/aromatic N) is 3. The third-order valence-electron chi connectivity index (χ3n) is 3.14.